The average Bonchev–Trinajstić information content (AvgIpc) is 2.79. The lowest BCUT2D eigenvalue weighted by Gasteiger charge is -2.33. The molecule has 7 nitrogen and oxygen atoms in total. The van der Waals surface area contributed by atoms with Crippen LogP contribution in [0.25, 0.3) is 0 Å². The van der Waals surface area contributed by atoms with Gasteiger partial charge in [-0.15, -0.1) is 0 Å². The van der Waals surface area contributed by atoms with E-state index in [1.165, 1.54) is 6.92 Å². The zero-order valence-electron chi connectivity index (χ0n) is 18.0. The second-order valence-electron chi connectivity index (χ2n) is 7.75. The molecule has 1 atom stereocenters. The van der Waals surface area contributed by atoms with E-state index in [1.54, 1.807) is 36.3 Å². The lowest BCUT2D eigenvalue weighted by atomic mass is 10.0. The third-order valence-electron chi connectivity index (χ3n) is 5.44. The molecule has 0 spiro atoms. The van der Waals surface area contributed by atoms with Gasteiger partial charge in [0, 0.05) is 38.0 Å². The van der Waals surface area contributed by atoms with Crippen LogP contribution < -0.4 is 15.4 Å². The molecule has 0 aliphatic carbocycles. The molecule has 1 unspecified atom stereocenters. The summed E-state index contributed by atoms with van der Waals surface area (Å²) >= 11 is 0. The van der Waals surface area contributed by atoms with E-state index >= 15 is 0 Å². The number of hydrogen-bond acceptors (Lipinski definition) is 4. The number of piperidine rings is 1. The van der Waals surface area contributed by atoms with E-state index in [1.807, 2.05) is 30.3 Å². The van der Waals surface area contributed by atoms with Crippen molar-refractivity contribution in [2.24, 2.45) is 0 Å². The summed E-state index contributed by atoms with van der Waals surface area (Å²) in [5.41, 5.74) is 1.60. The minimum absolute atomic E-state index is 0.0207. The lowest BCUT2D eigenvalue weighted by Crippen LogP contribution is -2.53. The standard InChI is InChI=1S/C24H29N3O4/c1-17(28)25-22(16-18-6-4-3-5-7-18)23(29)26-20-12-14-27(15-13-20)24(30)19-8-10-21(31-2)11-9-19/h3-11,20,22H,12-16H2,1-2H3,(H,25,28)(H,26,29). The van der Waals surface area contributed by atoms with Gasteiger partial charge in [0.25, 0.3) is 5.91 Å². The SMILES string of the molecule is COc1ccc(C(=O)N2CCC(NC(=O)C(Cc3ccccc3)NC(C)=O)CC2)cc1. The van der Waals surface area contributed by atoms with Crippen molar-refractivity contribution in [3.63, 3.8) is 0 Å². The molecule has 2 aromatic carbocycles. The van der Waals surface area contributed by atoms with Crippen LogP contribution in [0.1, 0.15) is 35.7 Å². The predicted molar refractivity (Wildman–Crippen MR) is 118 cm³/mol. The Hall–Kier alpha value is -3.35. The van der Waals surface area contributed by atoms with E-state index < -0.39 is 6.04 Å². The minimum atomic E-state index is -0.626. The molecule has 1 fully saturated rings. The molecular weight excluding hydrogens is 394 g/mol. The van der Waals surface area contributed by atoms with Crippen LogP contribution >= 0.6 is 0 Å². The maximum atomic E-state index is 12.8. The Morgan fingerprint density at radius 2 is 1.68 bits per heavy atom. The predicted octanol–water partition coefficient (Wildman–Crippen LogP) is 2.16. The summed E-state index contributed by atoms with van der Waals surface area (Å²) in [6, 6.07) is 16.0. The maximum Gasteiger partial charge on any atom is 0.253 e. The zero-order valence-corrected chi connectivity index (χ0v) is 18.0. The van der Waals surface area contributed by atoms with E-state index in [4.69, 9.17) is 4.74 Å². The first-order chi connectivity index (χ1) is 15.0. The molecule has 0 bridgehead atoms. The van der Waals surface area contributed by atoms with Crippen LogP contribution in [0.4, 0.5) is 0 Å². The van der Waals surface area contributed by atoms with Crippen LogP contribution in [0.3, 0.4) is 0 Å². The number of amides is 3. The smallest absolute Gasteiger partial charge is 0.253 e. The summed E-state index contributed by atoms with van der Waals surface area (Å²) in [4.78, 5) is 38.9. The van der Waals surface area contributed by atoms with E-state index in [-0.39, 0.29) is 23.8 Å². The Kier molecular flexibility index (Phi) is 7.65. The number of carbonyl (C=O) groups excluding carboxylic acids is 3. The molecule has 164 valence electrons. The number of methoxy groups -OCH3 is 1. The van der Waals surface area contributed by atoms with Crippen molar-refractivity contribution in [1.29, 1.82) is 0 Å². The molecule has 0 aromatic heterocycles. The minimum Gasteiger partial charge on any atom is -0.497 e. The molecule has 1 heterocycles. The van der Waals surface area contributed by atoms with Crippen molar-refractivity contribution in [2.75, 3.05) is 20.2 Å². The summed E-state index contributed by atoms with van der Waals surface area (Å²) in [6.07, 6.45) is 1.78. The van der Waals surface area contributed by atoms with Gasteiger partial charge in [0.05, 0.1) is 7.11 Å². The molecule has 3 rings (SSSR count). The highest BCUT2D eigenvalue weighted by atomic mass is 16.5. The van der Waals surface area contributed by atoms with Crippen molar-refractivity contribution in [3.8, 4) is 5.75 Å². The Bertz CT molecular complexity index is 891. The van der Waals surface area contributed by atoms with E-state index in [2.05, 4.69) is 10.6 Å². The zero-order chi connectivity index (χ0) is 22.2. The number of nitrogens with zero attached hydrogens (tertiary/aromatic N) is 1. The molecule has 31 heavy (non-hydrogen) atoms. The quantitative estimate of drug-likeness (QED) is 0.715. The van der Waals surface area contributed by atoms with Gasteiger partial charge in [-0.25, -0.2) is 0 Å². The Labute approximate surface area is 182 Å². The molecule has 1 saturated heterocycles. The molecule has 2 aromatic rings. The van der Waals surface area contributed by atoms with Crippen LogP contribution in [0.5, 0.6) is 5.75 Å². The summed E-state index contributed by atoms with van der Waals surface area (Å²) < 4.78 is 5.13. The first-order valence-electron chi connectivity index (χ1n) is 10.5. The van der Waals surface area contributed by atoms with Gasteiger partial charge < -0.3 is 20.3 Å². The molecular formula is C24H29N3O4. The summed E-state index contributed by atoms with van der Waals surface area (Å²) in [7, 11) is 1.59. The first kappa shape index (κ1) is 22.3. The highest BCUT2D eigenvalue weighted by molar-refractivity contribution is 5.94. The summed E-state index contributed by atoms with van der Waals surface area (Å²) in [5.74, 6) is 0.254. The van der Waals surface area contributed by atoms with Crippen LogP contribution in [-0.4, -0.2) is 54.9 Å². The van der Waals surface area contributed by atoms with Gasteiger partial charge in [-0.1, -0.05) is 30.3 Å². The highest BCUT2D eigenvalue weighted by Crippen LogP contribution is 2.17. The van der Waals surface area contributed by atoms with Crippen molar-refractivity contribution < 1.29 is 19.1 Å². The fourth-order valence-corrected chi connectivity index (χ4v) is 3.75. The lowest BCUT2D eigenvalue weighted by molar-refractivity contribution is -0.128. The number of likely N-dealkylation sites (tertiary alicyclic amines) is 1. The second-order valence-corrected chi connectivity index (χ2v) is 7.75. The molecule has 3 amide bonds. The highest BCUT2D eigenvalue weighted by Gasteiger charge is 2.27. The number of ether oxygens (including phenoxy) is 1. The van der Waals surface area contributed by atoms with Crippen LogP contribution in [0.15, 0.2) is 54.6 Å². The molecule has 7 heteroatoms. The first-order valence-corrected chi connectivity index (χ1v) is 10.5. The summed E-state index contributed by atoms with van der Waals surface area (Å²) in [5, 5.41) is 5.80. The molecule has 1 aliphatic rings. The van der Waals surface area contributed by atoms with E-state index in [0.717, 1.165) is 5.56 Å². The van der Waals surface area contributed by atoms with Crippen LogP contribution in [-0.2, 0) is 16.0 Å². The van der Waals surface area contributed by atoms with Crippen molar-refractivity contribution in [1.82, 2.24) is 15.5 Å². The number of rotatable bonds is 7. The Morgan fingerprint density at radius 1 is 1.03 bits per heavy atom. The average molecular weight is 424 g/mol. The number of carbonyl (C=O) groups is 3. The second kappa shape index (κ2) is 10.6. The van der Waals surface area contributed by atoms with E-state index in [0.29, 0.717) is 43.7 Å². The van der Waals surface area contributed by atoms with Gasteiger partial charge in [-0.3, -0.25) is 14.4 Å². The topological polar surface area (TPSA) is 87.7 Å². The number of nitrogens with one attached hydrogen (secondary N) is 2. The van der Waals surface area contributed by atoms with Crippen LogP contribution in [0, 0.1) is 0 Å². The maximum absolute atomic E-state index is 12.8. The van der Waals surface area contributed by atoms with Gasteiger partial charge in [0.15, 0.2) is 0 Å². The molecule has 1 aliphatic heterocycles. The van der Waals surface area contributed by atoms with Gasteiger partial charge in [0.2, 0.25) is 11.8 Å². The van der Waals surface area contributed by atoms with Gasteiger partial charge in [-0.05, 0) is 42.7 Å². The number of hydrogen-bond donors (Lipinski definition) is 2. The van der Waals surface area contributed by atoms with E-state index in [9.17, 15) is 14.4 Å². The van der Waals surface area contributed by atoms with Crippen LogP contribution in [0.2, 0.25) is 0 Å². The monoisotopic (exact) mass is 423 g/mol. The largest absolute Gasteiger partial charge is 0.497 e. The third-order valence-corrected chi connectivity index (χ3v) is 5.44. The normalized spacial score (nSPS) is 15.1. The van der Waals surface area contributed by atoms with Gasteiger partial charge >= 0.3 is 0 Å². The van der Waals surface area contributed by atoms with Crippen molar-refractivity contribution in [2.45, 2.75) is 38.3 Å². The van der Waals surface area contributed by atoms with Crippen molar-refractivity contribution in [3.05, 3.63) is 65.7 Å². The van der Waals surface area contributed by atoms with Gasteiger partial charge in [-0.2, -0.15) is 0 Å². The summed E-state index contributed by atoms with van der Waals surface area (Å²) in [6.45, 7) is 2.55. The van der Waals surface area contributed by atoms with Crippen molar-refractivity contribution >= 4 is 17.7 Å². The fourth-order valence-electron chi connectivity index (χ4n) is 3.75. The molecule has 2 N–H and O–H groups in total. The fraction of sp³-hybridized carbons (Fsp3) is 0.375. The molecule has 0 saturated carbocycles. The Morgan fingerprint density at radius 3 is 2.26 bits per heavy atom. The Balaban J connectivity index is 1.53. The number of benzene rings is 2. The molecule has 0 radical (unpaired) electrons. The third kappa shape index (κ3) is 6.31. The van der Waals surface area contributed by atoms with Gasteiger partial charge in [0.1, 0.15) is 11.8 Å².